The lowest BCUT2D eigenvalue weighted by molar-refractivity contribution is 0.529. The number of hydrogen-bond acceptors (Lipinski definition) is 3. The van der Waals surface area contributed by atoms with Crippen LogP contribution < -0.4 is 0 Å². The molecule has 0 aliphatic rings. The maximum Gasteiger partial charge on any atom is 0.114 e. The van der Waals surface area contributed by atoms with Crippen LogP contribution >= 0.6 is 11.8 Å². The van der Waals surface area contributed by atoms with Crippen LogP contribution in [-0.4, -0.2) is 4.98 Å². The Morgan fingerprint density at radius 3 is 3.00 bits per heavy atom. The molecule has 0 unspecified atom stereocenters. The summed E-state index contributed by atoms with van der Waals surface area (Å²) in [6.45, 7) is 2.03. The molecule has 0 radical (unpaired) electrons. The van der Waals surface area contributed by atoms with Crippen molar-refractivity contribution in [3.63, 3.8) is 0 Å². The predicted octanol–water partition coefficient (Wildman–Crippen LogP) is 3.28. The summed E-state index contributed by atoms with van der Waals surface area (Å²) < 4.78 is 5.34. The van der Waals surface area contributed by atoms with Gasteiger partial charge in [0.25, 0.3) is 0 Å². The van der Waals surface area contributed by atoms with Crippen LogP contribution in [0.1, 0.15) is 11.3 Å². The fourth-order valence-corrected chi connectivity index (χ4v) is 1.90. The van der Waals surface area contributed by atoms with Gasteiger partial charge in [-0.15, -0.1) is 0 Å². The van der Waals surface area contributed by atoms with Gasteiger partial charge in [-0.1, -0.05) is 17.8 Å². The molecule has 0 aliphatic heterocycles. The van der Waals surface area contributed by atoms with Gasteiger partial charge in [0.2, 0.25) is 0 Å². The molecule has 0 fully saturated rings. The number of aryl methyl sites for hydroxylation is 1. The lowest BCUT2D eigenvalue weighted by Crippen LogP contribution is -1.79. The molecule has 0 N–H and O–H groups in total. The van der Waals surface area contributed by atoms with Gasteiger partial charge in [0.15, 0.2) is 0 Å². The maximum absolute atomic E-state index is 5.34. The number of pyridine rings is 1. The number of thioether (sulfide) groups is 1. The van der Waals surface area contributed by atoms with Crippen LogP contribution in [0.25, 0.3) is 0 Å². The summed E-state index contributed by atoms with van der Waals surface area (Å²) in [5, 5.41) is 1.03. The average molecular weight is 205 g/mol. The lowest BCUT2D eigenvalue weighted by Gasteiger charge is -1.96. The average Bonchev–Trinajstić information content (AvgIpc) is 2.63. The van der Waals surface area contributed by atoms with E-state index in [1.165, 1.54) is 5.56 Å². The Morgan fingerprint density at radius 2 is 2.36 bits per heavy atom. The number of hydrogen-bond donors (Lipinski definition) is 0. The van der Waals surface area contributed by atoms with E-state index < -0.39 is 0 Å². The van der Waals surface area contributed by atoms with Gasteiger partial charge in [-0.25, -0.2) is 4.98 Å². The number of nitrogens with zero attached hydrogens (tertiary/aromatic N) is 1. The molecule has 0 bridgehead atoms. The smallest absolute Gasteiger partial charge is 0.114 e. The van der Waals surface area contributed by atoms with Gasteiger partial charge in [0.05, 0.1) is 17.0 Å². The third-order valence-electron chi connectivity index (χ3n) is 1.78. The summed E-state index contributed by atoms with van der Waals surface area (Å²) in [4.78, 5) is 4.22. The first-order valence-electron chi connectivity index (χ1n) is 4.42. The quantitative estimate of drug-likeness (QED) is 0.719. The molecule has 2 rings (SSSR count). The summed E-state index contributed by atoms with van der Waals surface area (Å²) >= 11 is 1.68. The van der Waals surface area contributed by atoms with Crippen LogP contribution in [0.2, 0.25) is 0 Å². The highest BCUT2D eigenvalue weighted by Gasteiger charge is 2.00. The Balaban J connectivity index is 1.95. The predicted molar refractivity (Wildman–Crippen MR) is 57.2 cm³/mol. The van der Waals surface area contributed by atoms with Crippen molar-refractivity contribution in [2.45, 2.75) is 17.7 Å². The minimum Gasteiger partial charge on any atom is -0.468 e. The second kappa shape index (κ2) is 4.33. The first-order valence-corrected chi connectivity index (χ1v) is 5.41. The maximum atomic E-state index is 5.34. The first-order chi connectivity index (χ1) is 6.84. The zero-order chi connectivity index (χ0) is 9.80. The highest BCUT2D eigenvalue weighted by atomic mass is 32.2. The molecule has 0 aromatic carbocycles. The first kappa shape index (κ1) is 9.34. The largest absolute Gasteiger partial charge is 0.468 e. The van der Waals surface area contributed by atoms with E-state index in [2.05, 4.69) is 11.1 Å². The summed E-state index contributed by atoms with van der Waals surface area (Å²) in [6.07, 6.45) is 3.57. The Labute approximate surface area is 87.4 Å². The van der Waals surface area contributed by atoms with Gasteiger partial charge in [0.1, 0.15) is 5.76 Å². The zero-order valence-electron chi connectivity index (χ0n) is 7.93. The van der Waals surface area contributed by atoms with Gasteiger partial charge in [-0.2, -0.15) is 0 Å². The van der Waals surface area contributed by atoms with Crippen molar-refractivity contribution in [2.24, 2.45) is 0 Å². The lowest BCUT2D eigenvalue weighted by atomic mass is 10.4. The molecular weight excluding hydrogens is 194 g/mol. The SMILES string of the molecule is Cc1coc(CSc2ccccn2)c1. The third-order valence-corrected chi connectivity index (χ3v) is 2.75. The van der Waals surface area contributed by atoms with Crippen LogP contribution in [0, 0.1) is 6.92 Å². The van der Waals surface area contributed by atoms with Gasteiger partial charge in [-0.3, -0.25) is 0 Å². The van der Waals surface area contributed by atoms with Crippen molar-refractivity contribution in [1.82, 2.24) is 4.98 Å². The van der Waals surface area contributed by atoms with Crippen molar-refractivity contribution >= 4 is 11.8 Å². The summed E-state index contributed by atoms with van der Waals surface area (Å²) in [7, 11) is 0. The van der Waals surface area contributed by atoms with E-state index in [4.69, 9.17) is 4.42 Å². The Kier molecular flexibility index (Phi) is 2.89. The fourth-order valence-electron chi connectivity index (χ4n) is 1.14. The molecule has 0 saturated carbocycles. The minimum atomic E-state index is 0.838. The fraction of sp³-hybridized carbons (Fsp3) is 0.182. The van der Waals surface area contributed by atoms with E-state index in [0.29, 0.717) is 0 Å². The minimum absolute atomic E-state index is 0.838. The Morgan fingerprint density at radius 1 is 1.43 bits per heavy atom. The van der Waals surface area contributed by atoms with Crippen molar-refractivity contribution in [3.05, 3.63) is 48.0 Å². The summed E-state index contributed by atoms with van der Waals surface area (Å²) in [6, 6.07) is 7.96. The van der Waals surface area contributed by atoms with Crippen molar-refractivity contribution in [2.75, 3.05) is 0 Å². The van der Waals surface area contributed by atoms with Crippen LogP contribution in [0.5, 0.6) is 0 Å². The van der Waals surface area contributed by atoms with Gasteiger partial charge >= 0.3 is 0 Å². The molecule has 2 nitrogen and oxygen atoms in total. The second-order valence-electron chi connectivity index (χ2n) is 3.05. The van der Waals surface area contributed by atoms with E-state index in [1.54, 1.807) is 24.2 Å². The van der Waals surface area contributed by atoms with E-state index in [-0.39, 0.29) is 0 Å². The summed E-state index contributed by atoms with van der Waals surface area (Å²) in [5.74, 6) is 1.84. The molecule has 0 spiro atoms. The zero-order valence-corrected chi connectivity index (χ0v) is 8.75. The van der Waals surface area contributed by atoms with Gasteiger partial charge in [0, 0.05) is 6.20 Å². The molecule has 14 heavy (non-hydrogen) atoms. The van der Waals surface area contributed by atoms with E-state index >= 15 is 0 Å². The number of rotatable bonds is 3. The molecule has 0 atom stereocenters. The van der Waals surface area contributed by atoms with Gasteiger partial charge in [-0.05, 0) is 30.7 Å². The van der Waals surface area contributed by atoms with Crippen molar-refractivity contribution in [3.8, 4) is 0 Å². The van der Waals surface area contributed by atoms with E-state index in [0.717, 1.165) is 16.5 Å². The Hall–Kier alpha value is -1.22. The molecule has 72 valence electrons. The third kappa shape index (κ3) is 2.39. The monoisotopic (exact) mass is 205 g/mol. The number of aromatic nitrogens is 1. The summed E-state index contributed by atoms with van der Waals surface area (Å²) in [5.41, 5.74) is 1.17. The second-order valence-corrected chi connectivity index (χ2v) is 4.04. The van der Waals surface area contributed by atoms with Crippen molar-refractivity contribution < 1.29 is 4.42 Å². The molecular formula is C11H11NOS. The van der Waals surface area contributed by atoms with Gasteiger partial charge < -0.3 is 4.42 Å². The van der Waals surface area contributed by atoms with E-state index in [9.17, 15) is 0 Å². The van der Waals surface area contributed by atoms with E-state index in [1.807, 2.05) is 25.1 Å². The normalized spacial score (nSPS) is 10.4. The molecule has 0 saturated heterocycles. The molecule has 3 heteroatoms. The van der Waals surface area contributed by atoms with Crippen LogP contribution in [0.15, 0.2) is 46.2 Å². The molecule has 2 heterocycles. The topological polar surface area (TPSA) is 26.0 Å². The van der Waals surface area contributed by atoms with Crippen LogP contribution in [0.3, 0.4) is 0 Å². The van der Waals surface area contributed by atoms with Crippen LogP contribution in [0.4, 0.5) is 0 Å². The van der Waals surface area contributed by atoms with Crippen LogP contribution in [-0.2, 0) is 5.75 Å². The highest BCUT2D eigenvalue weighted by Crippen LogP contribution is 2.21. The van der Waals surface area contributed by atoms with Crippen molar-refractivity contribution in [1.29, 1.82) is 0 Å². The molecule has 2 aromatic heterocycles. The standard InChI is InChI=1S/C11H11NOS/c1-9-6-10(13-7-9)8-14-11-4-2-3-5-12-11/h2-7H,8H2,1H3. The highest BCUT2D eigenvalue weighted by molar-refractivity contribution is 7.98. The Bertz CT molecular complexity index is 397. The number of furan rings is 1. The molecule has 0 amide bonds. The molecule has 2 aromatic rings. The molecule has 0 aliphatic carbocycles.